The fraction of sp³-hybridized carbons (Fsp3) is 0.118. The summed E-state index contributed by atoms with van der Waals surface area (Å²) in [4.78, 5) is 11.4. The van der Waals surface area contributed by atoms with Crippen LogP contribution in [0.3, 0.4) is 0 Å². The topological polar surface area (TPSA) is 57.5 Å². The van der Waals surface area contributed by atoms with Gasteiger partial charge in [-0.3, -0.25) is 4.79 Å². The fourth-order valence-corrected chi connectivity index (χ4v) is 2.53. The van der Waals surface area contributed by atoms with Crippen molar-refractivity contribution in [2.24, 2.45) is 0 Å². The summed E-state index contributed by atoms with van der Waals surface area (Å²) in [6, 6.07) is 14.3. The number of hydrogen-bond acceptors (Lipinski definition) is 2. The SMILES string of the molecule is O=C(O)[C@H](c1ccc(Br)cc1)[C@H](O)C#Cc1ccc(I)cc1. The molecule has 5 heteroatoms. The molecule has 0 aliphatic rings. The van der Waals surface area contributed by atoms with Crippen LogP contribution in [-0.4, -0.2) is 22.3 Å². The molecule has 0 heterocycles. The average Bonchev–Trinajstić information content (AvgIpc) is 2.48. The van der Waals surface area contributed by atoms with Gasteiger partial charge in [-0.15, -0.1) is 0 Å². The summed E-state index contributed by atoms with van der Waals surface area (Å²) in [5.41, 5.74) is 1.25. The van der Waals surface area contributed by atoms with E-state index in [1.807, 2.05) is 24.3 Å². The Balaban J connectivity index is 2.24. The van der Waals surface area contributed by atoms with Crippen LogP contribution < -0.4 is 0 Å². The molecule has 2 aromatic carbocycles. The molecule has 0 radical (unpaired) electrons. The van der Waals surface area contributed by atoms with E-state index in [4.69, 9.17) is 0 Å². The third-order valence-corrected chi connectivity index (χ3v) is 4.27. The third kappa shape index (κ3) is 4.57. The minimum atomic E-state index is -1.28. The number of carboxylic acids is 1. The Morgan fingerprint density at radius 3 is 2.23 bits per heavy atom. The highest BCUT2D eigenvalue weighted by atomic mass is 127. The molecule has 0 bridgehead atoms. The first-order valence-corrected chi connectivity index (χ1v) is 8.28. The molecule has 0 fully saturated rings. The maximum atomic E-state index is 11.4. The molecule has 2 rings (SSSR count). The summed E-state index contributed by atoms with van der Waals surface area (Å²) < 4.78 is 1.93. The van der Waals surface area contributed by atoms with E-state index in [9.17, 15) is 15.0 Å². The summed E-state index contributed by atoms with van der Waals surface area (Å²) in [6.45, 7) is 0. The van der Waals surface area contributed by atoms with Gasteiger partial charge in [-0.05, 0) is 64.6 Å². The molecule has 0 saturated carbocycles. The van der Waals surface area contributed by atoms with Crippen LogP contribution in [0.2, 0.25) is 0 Å². The van der Waals surface area contributed by atoms with Gasteiger partial charge in [0.15, 0.2) is 0 Å². The Morgan fingerprint density at radius 1 is 1.09 bits per heavy atom. The van der Waals surface area contributed by atoms with E-state index in [1.54, 1.807) is 24.3 Å². The van der Waals surface area contributed by atoms with Crippen LogP contribution in [0.4, 0.5) is 0 Å². The summed E-state index contributed by atoms with van der Waals surface area (Å²) in [5, 5.41) is 19.5. The number of aliphatic carboxylic acids is 1. The summed E-state index contributed by atoms with van der Waals surface area (Å²) >= 11 is 5.49. The average molecular weight is 471 g/mol. The van der Waals surface area contributed by atoms with Crippen molar-refractivity contribution in [1.82, 2.24) is 0 Å². The van der Waals surface area contributed by atoms with Crippen molar-refractivity contribution < 1.29 is 15.0 Å². The number of benzene rings is 2. The van der Waals surface area contributed by atoms with Gasteiger partial charge in [-0.1, -0.05) is 39.9 Å². The Labute approximate surface area is 150 Å². The van der Waals surface area contributed by atoms with Crippen molar-refractivity contribution in [3.8, 4) is 11.8 Å². The second-order valence-corrected chi connectivity index (χ2v) is 6.75. The molecule has 0 aromatic heterocycles. The van der Waals surface area contributed by atoms with E-state index in [1.165, 1.54) is 0 Å². The van der Waals surface area contributed by atoms with Crippen molar-refractivity contribution in [3.05, 3.63) is 67.7 Å². The van der Waals surface area contributed by atoms with Crippen molar-refractivity contribution in [2.75, 3.05) is 0 Å². The van der Waals surface area contributed by atoms with Crippen LogP contribution in [0.25, 0.3) is 0 Å². The standard InChI is InChI=1S/C17H12BrIO3/c18-13-6-4-12(5-7-13)16(17(21)22)15(20)10-3-11-1-8-14(19)9-2-11/h1-2,4-9,15-16,20H,(H,21,22)/t15-,16-/m1/s1. The van der Waals surface area contributed by atoms with Gasteiger partial charge in [0, 0.05) is 13.6 Å². The lowest BCUT2D eigenvalue weighted by atomic mass is 9.93. The van der Waals surface area contributed by atoms with Gasteiger partial charge in [0.25, 0.3) is 0 Å². The van der Waals surface area contributed by atoms with Crippen LogP contribution in [0, 0.1) is 15.4 Å². The predicted molar refractivity (Wildman–Crippen MR) is 96.6 cm³/mol. The van der Waals surface area contributed by atoms with Crippen molar-refractivity contribution in [1.29, 1.82) is 0 Å². The van der Waals surface area contributed by atoms with E-state index in [-0.39, 0.29) is 0 Å². The predicted octanol–water partition coefficient (Wildman–Crippen LogP) is 3.63. The molecule has 0 saturated heterocycles. The zero-order chi connectivity index (χ0) is 16.1. The highest BCUT2D eigenvalue weighted by molar-refractivity contribution is 14.1. The second-order valence-electron chi connectivity index (χ2n) is 4.59. The van der Waals surface area contributed by atoms with E-state index >= 15 is 0 Å². The third-order valence-electron chi connectivity index (χ3n) is 3.02. The van der Waals surface area contributed by atoms with Crippen molar-refractivity contribution in [2.45, 2.75) is 12.0 Å². The lowest BCUT2D eigenvalue weighted by Gasteiger charge is -2.15. The first-order chi connectivity index (χ1) is 10.5. The molecule has 0 unspecified atom stereocenters. The molecular weight excluding hydrogens is 459 g/mol. The zero-order valence-electron chi connectivity index (χ0n) is 11.3. The Bertz CT molecular complexity index is 714. The number of hydrogen-bond donors (Lipinski definition) is 2. The maximum Gasteiger partial charge on any atom is 0.314 e. The normalized spacial score (nSPS) is 12.9. The summed E-state index contributed by atoms with van der Waals surface area (Å²) in [5.74, 6) is 3.25. The molecule has 0 spiro atoms. The van der Waals surface area contributed by atoms with Gasteiger partial charge in [-0.2, -0.15) is 0 Å². The zero-order valence-corrected chi connectivity index (χ0v) is 15.1. The van der Waals surface area contributed by atoms with Gasteiger partial charge >= 0.3 is 5.97 Å². The van der Waals surface area contributed by atoms with E-state index in [2.05, 4.69) is 50.4 Å². The molecule has 3 nitrogen and oxygen atoms in total. The molecule has 0 amide bonds. The Hall–Kier alpha value is -1.36. The van der Waals surface area contributed by atoms with E-state index in [0.717, 1.165) is 13.6 Å². The molecule has 2 atom stereocenters. The minimum Gasteiger partial charge on any atom is -0.481 e. The fourth-order valence-electron chi connectivity index (χ4n) is 1.90. The van der Waals surface area contributed by atoms with Crippen molar-refractivity contribution >= 4 is 44.5 Å². The molecule has 0 aliphatic carbocycles. The quantitative estimate of drug-likeness (QED) is 0.532. The Kier molecular flexibility index (Phi) is 6.00. The molecule has 112 valence electrons. The van der Waals surface area contributed by atoms with Crippen LogP contribution in [0.5, 0.6) is 0 Å². The molecule has 0 aliphatic heterocycles. The molecule has 2 aromatic rings. The lowest BCUT2D eigenvalue weighted by molar-refractivity contribution is -0.140. The second kappa shape index (κ2) is 7.77. The minimum absolute atomic E-state index is 0.514. The van der Waals surface area contributed by atoms with E-state index < -0.39 is 18.0 Å². The van der Waals surface area contributed by atoms with Crippen LogP contribution in [-0.2, 0) is 4.79 Å². The van der Waals surface area contributed by atoms with Crippen molar-refractivity contribution in [3.63, 3.8) is 0 Å². The smallest absolute Gasteiger partial charge is 0.314 e. The Morgan fingerprint density at radius 2 is 1.68 bits per heavy atom. The monoisotopic (exact) mass is 470 g/mol. The van der Waals surface area contributed by atoms with Gasteiger partial charge in [0.05, 0.1) is 0 Å². The lowest BCUT2D eigenvalue weighted by Crippen LogP contribution is -2.24. The number of halogens is 2. The summed E-state index contributed by atoms with van der Waals surface area (Å²) in [6.07, 6.45) is -1.28. The molecular formula is C17H12BrIO3. The molecule has 2 N–H and O–H groups in total. The largest absolute Gasteiger partial charge is 0.481 e. The highest BCUT2D eigenvalue weighted by Gasteiger charge is 2.27. The number of carboxylic acid groups (broad SMARTS) is 1. The van der Waals surface area contributed by atoms with Gasteiger partial charge < -0.3 is 10.2 Å². The van der Waals surface area contributed by atoms with Crippen LogP contribution in [0.1, 0.15) is 17.0 Å². The number of carbonyl (C=O) groups is 1. The number of aliphatic hydroxyl groups excluding tert-OH is 1. The van der Waals surface area contributed by atoms with E-state index in [0.29, 0.717) is 5.56 Å². The van der Waals surface area contributed by atoms with Crippen LogP contribution in [0.15, 0.2) is 53.0 Å². The van der Waals surface area contributed by atoms with Crippen LogP contribution >= 0.6 is 38.5 Å². The highest BCUT2D eigenvalue weighted by Crippen LogP contribution is 2.22. The summed E-state index contributed by atoms with van der Waals surface area (Å²) in [7, 11) is 0. The first kappa shape index (κ1) is 17.0. The molecule has 22 heavy (non-hydrogen) atoms. The van der Waals surface area contributed by atoms with Gasteiger partial charge in [0.1, 0.15) is 12.0 Å². The number of rotatable bonds is 3. The number of aliphatic hydroxyl groups is 1. The first-order valence-electron chi connectivity index (χ1n) is 6.41. The maximum absolute atomic E-state index is 11.4. The van der Waals surface area contributed by atoms with Gasteiger partial charge in [0.2, 0.25) is 0 Å². The van der Waals surface area contributed by atoms with Gasteiger partial charge in [-0.25, -0.2) is 0 Å².